The lowest BCUT2D eigenvalue weighted by Gasteiger charge is -2.58. The Morgan fingerprint density at radius 1 is 0.755 bits per heavy atom. The molecule has 0 N–H and O–H groups in total. The summed E-state index contributed by atoms with van der Waals surface area (Å²) in [6.07, 6.45) is 0.733. The van der Waals surface area contributed by atoms with Gasteiger partial charge in [-0.05, 0) is 104 Å². The van der Waals surface area contributed by atoms with Gasteiger partial charge in [-0.15, -0.1) is 0 Å². The number of alkyl halides is 13. The summed E-state index contributed by atoms with van der Waals surface area (Å²) in [5.74, 6) is -34.0. The first-order valence-corrected chi connectivity index (χ1v) is 18.9. The van der Waals surface area contributed by atoms with Crippen molar-refractivity contribution in [2.45, 2.75) is 173 Å². The number of rotatable bonds is 15. The average molecular weight is 789 g/mol. The van der Waals surface area contributed by atoms with Crippen LogP contribution in [0.25, 0.3) is 0 Å². The Bertz CT molecular complexity index is 1330. The number of ether oxygens (including phenoxy) is 1. The highest BCUT2D eigenvalue weighted by Gasteiger charge is 2.90. The van der Waals surface area contributed by atoms with Gasteiger partial charge in [0.25, 0.3) is 0 Å². The number of unbranched alkanes of at least 4 members (excludes halogenated alkanes) is 1. The van der Waals surface area contributed by atoms with Crippen molar-refractivity contribution in [3.8, 4) is 0 Å². The lowest BCUT2D eigenvalue weighted by Crippen LogP contribution is -2.70. The Kier molecular flexibility index (Phi) is 12.5. The maximum Gasteiger partial charge on any atom is 0.460 e. The molecule has 4 rings (SSSR count). The zero-order chi connectivity index (χ0) is 40.2. The van der Waals surface area contributed by atoms with E-state index in [1.165, 1.54) is 44.1 Å². The molecule has 0 radical (unpaired) electrons. The molecule has 0 amide bonds. The summed E-state index contributed by atoms with van der Waals surface area (Å²) in [6.45, 7) is 11.7. The number of carbonyl (C=O) groups excluding carboxylic acids is 1. The van der Waals surface area contributed by atoms with Gasteiger partial charge in [0, 0.05) is 19.3 Å². The Labute approximate surface area is 303 Å². The normalized spacial score (nSPS) is 32.1. The Morgan fingerprint density at radius 2 is 1.38 bits per heavy atom. The maximum atomic E-state index is 14.1. The molecule has 15 heteroatoms. The first-order valence-electron chi connectivity index (χ1n) is 18.9. The minimum atomic E-state index is -7.91. The van der Waals surface area contributed by atoms with Crippen LogP contribution < -0.4 is 0 Å². The van der Waals surface area contributed by atoms with E-state index < -0.39 is 73.5 Å². The van der Waals surface area contributed by atoms with Crippen LogP contribution in [0.4, 0.5) is 57.1 Å². The number of hydrogen-bond acceptors (Lipinski definition) is 2. The van der Waals surface area contributed by atoms with Crippen LogP contribution in [-0.2, 0) is 9.53 Å². The second-order valence-electron chi connectivity index (χ2n) is 17.4. The van der Waals surface area contributed by atoms with Crippen molar-refractivity contribution in [3.63, 3.8) is 0 Å². The van der Waals surface area contributed by atoms with E-state index in [2.05, 4.69) is 40.7 Å². The third-order valence-electron chi connectivity index (χ3n) is 13.7. The molecule has 0 aromatic heterocycles. The summed E-state index contributed by atoms with van der Waals surface area (Å²) in [7, 11) is 0. The summed E-state index contributed by atoms with van der Waals surface area (Å²) in [5.41, 5.74) is 1.42. The van der Waals surface area contributed by atoms with Crippen LogP contribution in [0.15, 0.2) is 11.6 Å². The molecule has 4 aliphatic rings. The molecular formula is C38H53F13O2. The fourth-order valence-corrected chi connectivity index (χ4v) is 10.6. The highest BCUT2D eigenvalue weighted by molar-refractivity contribution is 5.69. The molecule has 3 saturated carbocycles. The van der Waals surface area contributed by atoms with E-state index in [1.54, 1.807) is 0 Å². The van der Waals surface area contributed by atoms with Crippen LogP contribution >= 0.6 is 0 Å². The van der Waals surface area contributed by atoms with Crippen molar-refractivity contribution < 1.29 is 66.6 Å². The van der Waals surface area contributed by atoms with Crippen molar-refractivity contribution in [1.29, 1.82) is 0 Å². The molecule has 2 nitrogen and oxygen atoms in total. The van der Waals surface area contributed by atoms with Gasteiger partial charge >= 0.3 is 41.8 Å². The van der Waals surface area contributed by atoms with Gasteiger partial charge < -0.3 is 4.74 Å². The molecule has 8 atom stereocenters. The molecular weight excluding hydrogens is 735 g/mol. The number of hydrogen-bond donors (Lipinski definition) is 0. The first kappa shape index (κ1) is 44.0. The fourth-order valence-electron chi connectivity index (χ4n) is 10.6. The molecule has 0 aromatic rings. The van der Waals surface area contributed by atoms with E-state index in [-0.39, 0.29) is 5.41 Å². The molecule has 0 bridgehead atoms. The minimum absolute atomic E-state index is 0.0755. The van der Waals surface area contributed by atoms with Gasteiger partial charge in [0.05, 0.1) is 0 Å². The summed E-state index contributed by atoms with van der Waals surface area (Å²) in [4.78, 5) is 12.6. The zero-order valence-corrected chi connectivity index (χ0v) is 31.0. The van der Waals surface area contributed by atoms with E-state index in [1.807, 2.05) is 0 Å². The molecule has 0 heterocycles. The molecule has 53 heavy (non-hydrogen) atoms. The largest absolute Gasteiger partial charge is 0.462 e. The van der Waals surface area contributed by atoms with Crippen molar-refractivity contribution in [1.82, 2.24) is 0 Å². The maximum absolute atomic E-state index is 14.1. The van der Waals surface area contributed by atoms with Crippen molar-refractivity contribution in [2.75, 3.05) is 0 Å². The van der Waals surface area contributed by atoms with Crippen LogP contribution in [0.5, 0.6) is 0 Å². The van der Waals surface area contributed by atoms with Crippen LogP contribution in [0.2, 0.25) is 0 Å². The van der Waals surface area contributed by atoms with E-state index in [0.717, 1.165) is 19.3 Å². The number of allylic oxidation sites excluding steroid dienone is 1. The van der Waals surface area contributed by atoms with Crippen molar-refractivity contribution >= 4 is 5.97 Å². The summed E-state index contributed by atoms with van der Waals surface area (Å²) >= 11 is 0. The molecule has 4 aliphatic carbocycles. The topological polar surface area (TPSA) is 26.3 Å². The monoisotopic (exact) mass is 788 g/mol. The lowest BCUT2D eigenvalue weighted by atomic mass is 9.47. The van der Waals surface area contributed by atoms with Gasteiger partial charge in [-0.25, -0.2) is 0 Å². The molecule has 0 aliphatic heterocycles. The van der Waals surface area contributed by atoms with Gasteiger partial charge in [0.1, 0.15) is 6.10 Å². The van der Waals surface area contributed by atoms with Crippen LogP contribution in [0, 0.1) is 46.3 Å². The zero-order valence-electron chi connectivity index (χ0n) is 31.0. The third-order valence-corrected chi connectivity index (χ3v) is 13.7. The van der Waals surface area contributed by atoms with Crippen molar-refractivity contribution in [3.05, 3.63) is 11.6 Å². The molecule has 3 fully saturated rings. The van der Waals surface area contributed by atoms with E-state index in [4.69, 9.17) is 4.74 Å². The fraction of sp³-hybridized carbons (Fsp3) is 0.921. The van der Waals surface area contributed by atoms with E-state index in [9.17, 15) is 61.9 Å². The summed E-state index contributed by atoms with van der Waals surface area (Å²) < 4.78 is 179. The van der Waals surface area contributed by atoms with Gasteiger partial charge in [0.15, 0.2) is 0 Å². The second kappa shape index (κ2) is 15.0. The SMILES string of the molecule is CC(C)CCCC(C)C1CCC2C3CC=C4CC(OC(=O)CCCCC(F)(F)C(F)(F)C(F)(F)C(F)(F)C(F)(F)C(F)(F)F)CCC4(C)C3CCC12C. The predicted octanol–water partition coefficient (Wildman–Crippen LogP) is 13.2. The predicted molar refractivity (Wildman–Crippen MR) is 172 cm³/mol. The quantitative estimate of drug-likeness (QED) is 0.0715. The van der Waals surface area contributed by atoms with Crippen LogP contribution in [-0.4, -0.2) is 47.9 Å². The average Bonchev–Trinajstić information content (AvgIpc) is 3.39. The second-order valence-corrected chi connectivity index (χ2v) is 17.4. The summed E-state index contributed by atoms with van der Waals surface area (Å²) in [6, 6.07) is 0. The van der Waals surface area contributed by atoms with Crippen molar-refractivity contribution in [2.24, 2.45) is 46.3 Å². The smallest absolute Gasteiger partial charge is 0.460 e. The lowest BCUT2D eigenvalue weighted by molar-refractivity contribution is -0.440. The number of carbonyl (C=O) groups is 1. The number of esters is 1. The van der Waals surface area contributed by atoms with Gasteiger partial charge in [-0.2, -0.15) is 57.1 Å². The standard InChI is InChI=1S/C38H53F13O2/c1-22(2)9-8-10-23(3)27-14-15-28-26-13-12-24-21-25(16-19-31(24,4)29(26)17-20-32(27,28)5)53-30(52)11-6-7-18-33(39,40)34(41,42)35(43,44)36(45,46)37(47,48)38(49,50)51/h12,22-23,25-29H,6-11,13-21H2,1-5H3. The third kappa shape index (κ3) is 7.72. The van der Waals surface area contributed by atoms with Crippen LogP contribution in [0.1, 0.15) is 131 Å². The Balaban J connectivity index is 1.30. The Morgan fingerprint density at radius 3 is 1.98 bits per heavy atom. The molecule has 0 saturated heterocycles. The molecule has 8 unspecified atom stereocenters. The highest BCUT2D eigenvalue weighted by atomic mass is 19.4. The Hall–Kier alpha value is -1.70. The van der Waals surface area contributed by atoms with E-state index in [0.29, 0.717) is 53.8 Å². The van der Waals surface area contributed by atoms with E-state index >= 15 is 0 Å². The van der Waals surface area contributed by atoms with Gasteiger partial charge in [-0.1, -0.05) is 65.5 Å². The minimum Gasteiger partial charge on any atom is -0.462 e. The number of fused-ring (bicyclic) bond motifs is 5. The van der Waals surface area contributed by atoms with Gasteiger partial charge in [-0.3, -0.25) is 4.79 Å². The summed E-state index contributed by atoms with van der Waals surface area (Å²) in [5, 5.41) is 0. The van der Waals surface area contributed by atoms with Gasteiger partial charge in [0.2, 0.25) is 0 Å². The first-order chi connectivity index (χ1) is 24.1. The van der Waals surface area contributed by atoms with Crippen LogP contribution in [0.3, 0.4) is 0 Å². The molecule has 308 valence electrons. The molecule has 0 aromatic carbocycles. The highest BCUT2D eigenvalue weighted by Crippen LogP contribution is 2.67. The molecule has 0 spiro atoms. The number of halogens is 13.